The highest BCUT2D eigenvalue weighted by molar-refractivity contribution is 6.25. The van der Waals surface area contributed by atoms with Crippen molar-refractivity contribution < 1.29 is 43.9 Å². The molecule has 0 fully saturated rings. The molecule has 5 N–H and O–H groups in total. The molecular weight excluding hydrogens is 716 g/mol. The molecule has 1 aromatic rings. The Kier molecular flexibility index (Phi) is 11.3. The maximum Gasteiger partial charge on any atom is 0.309 e. The third kappa shape index (κ3) is 6.77. The fourth-order valence-corrected chi connectivity index (χ4v) is 8.72. The predicted molar refractivity (Wildman–Crippen MR) is 212 cm³/mol. The Labute approximate surface area is 325 Å². The molecule has 56 heavy (non-hydrogen) atoms. The van der Waals surface area contributed by atoms with Crippen LogP contribution in [0.3, 0.4) is 0 Å². The van der Waals surface area contributed by atoms with Crippen molar-refractivity contribution in [1.29, 1.82) is 0 Å². The summed E-state index contributed by atoms with van der Waals surface area (Å²) in [5.74, 6) is -2.50. The van der Waals surface area contributed by atoms with Crippen LogP contribution in [0.1, 0.15) is 57.6 Å². The lowest BCUT2D eigenvalue weighted by atomic mass is 9.62. The molecule has 13 heteroatoms. The van der Waals surface area contributed by atoms with E-state index in [1.54, 1.807) is 6.08 Å². The number of carbonyl (C=O) groups excluding carboxylic acids is 2. The van der Waals surface area contributed by atoms with Crippen molar-refractivity contribution in [2.75, 3.05) is 34.5 Å². The number of nitrogens with zero attached hydrogens (tertiary/aromatic N) is 2. The van der Waals surface area contributed by atoms with Crippen molar-refractivity contribution in [2.45, 2.75) is 65.0 Å². The first-order chi connectivity index (χ1) is 26.7. The van der Waals surface area contributed by atoms with E-state index in [2.05, 4.69) is 29.9 Å². The van der Waals surface area contributed by atoms with Crippen molar-refractivity contribution in [3.63, 3.8) is 0 Å². The Morgan fingerprint density at radius 2 is 1.71 bits per heavy atom. The first kappa shape index (κ1) is 40.3. The Bertz CT molecular complexity index is 2270. The van der Waals surface area contributed by atoms with Gasteiger partial charge in [0, 0.05) is 58.3 Å². The molecule has 1 aromatic heterocycles. The minimum absolute atomic E-state index is 0.0479. The molecule has 5 heterocycles. The number of carboxylic acids is 1. The normalized spacial score (nSPS) is 26.5. The molecule has 13 nitrogen and oxygen atoms in total. The molecule has 0 saturated carbocycles. The number of ether oxygens (including phenoxy) is 3. The average molecular weight is 767 g/mol. The molecular formula is C43H50N4O9. The van der Waals surface area contributed by atoms with Gasteiger partial charge in [0.15, 0.2) is 0 Å². The highest BCUT2D eigenvalue weighted by atomic mass is 16.5. The number of hydrogen-bond acceptors (Lipinski definition) is 11. The molecule has 8 bridgehead atoms. The van der Waals surface area contributed by atoms with Gasteiger partial charge >= 0.3 is 17.9 Å². The number of carboxylic acid groups (broad SMARTS) is 1. The van der Waals surface area contributed by atoms with Gasteiger partial charge in [-0.05, 0) is 73.8 Å². The number of aromatic nitrogens is 1. The zero-order valence-corrected chi connectivity index (χ0v) is 32.9. The number of aliphatic carboxylic acids is 1. The molecule has 296 valence electrons. The van der Waals surface area contributed by atoms with Crippen LogP contribution in [0, 0.1) is 24.2 Å². The first-order valence-corrected chi connectivity index (χ1v) is 18.6. The number of hydrogen-bond donors (Lipinski definition) is 5. The van der Waals surface area contributed by atoms with Crippen LogP contribution in [0.5, 0.6) is 0 Å². The lowest BCUT2D eigenvalue weighted by molar-refractivity contribution is -0.143. The molecule has 1 aliphatic carbocycles. The summed E-state index contributed by atoms with van der Waals surface area (Å²) in [5.41, 5.74) is 5.59. The minimum atomic E-state index is -1.54. The zero-order valence-electron chi connectivity index (χ0n) is 32.9. The molecule has 0 amide bonds. The van der Waals surface area contributed by atoms with Crippen molar-refractivity contribution >= 4 is 47.6 Å². The molecule has 6 rings (SSSR count). The number of methoxy groups -OCH3 is 3. The molecule has 5 aliphatic rings. The number of H-pyrrole nitrogens is 1. The quantitative estimate of drug-likeness (QED) is 0.198. The van der Waals surface area contributed by atoms with Crippen LogP contribution in [0.25, 0.3) is 18.2 Å². The standard InChI is InChI=1S/C43H50N4O9/c1-9-26-22(2)31-17-35-28-12-10-25(14-39(52)54-6)29(15-40(53)55-7)42(28,5)37(47-35)19-32-24(4)41(43(20-48,21-49)56-8)36(46-32)18-34-27(11-13-38(50)51)23(3)30(45-34)16-33(26)44-31/h9-10,12,16-19,23,29-30,44-45,48-49H,1,11,13-15,20-21H2,2-8H3,(H,50,51)/b31-17?,33-16-,36-18-,37-19-/t23?,29-,30?,42+/m1/s1. The number of aliphatic imine (C=N–C) groups is 2. The van der Waals surface area contributed by atoms with Crippen molar-refractivity contribution in [1.82, 2.24) is 10.3 Å². The van der Waals surface area contributed by atoms with Gasteiger partial charge in [0.05, 0.1) is 69.1 Å². The van der Waals surface area contributed by atoms with Gasteiger partial charge < -0.3 is 39.8 Å². The van der Waals surface area contributed by atoms with Crippen LogP contribution in [-0.4, -0.2) is 95.8 Å². The number of carbonyl (C=O) groups is 3. The summed E-state index contributed by atoms with van der Waals surface area (Å²) in [7, 11) is 4.06. The second kappa shape index (κ2) is 15.6. The van der Waals surface area contributed by atoms with Crippen LogP contribution in [0.4, 0.5) is 0 Å². The molecule has 0 radical (unpaired) electrons. The zero-order chi connectivity index (χ0) is 40.7. The molecule has 0 aromatic carbocycles. The van der Waals surface area contributed by atoms with E-state index < -0.39 is 48.1 Å². The fourth-order valence-electron chi connectivity index (χ4n) is 8.72. The maximum atomic E-state index is 13.1. The summed E-state index contributed by atoms with van der Waals surface area (Å²) in [4.78, 5) is 51.6. The summed E-state index contributed by atoms with van der Waals surface area (Å²) in [6.45, 7) is 10.9. The Hall–Kier alpha value is -5.37. The predicted octanol–water partition coefficient (Wildman–Crippen LogP) is 3.25. The Balaban J connectivity index is 1.71. The van der Waals surface area contributed by atoms with Gasteiger partial charge in [-0.15, -0.1) is 0 Å². The summed E-state index contributed by atoms with van der Waals surface area (Å²) >= 11 is 0. The number of allylic oxidation sites excluding steroid dienone is 6. The van der Waals surface area contributed by atoms with Crippen molar-refractivity contribution in [3.05, 3.63) is 97.7 Å². The number of fused-ring (bicyclic) bond motifs is 9. The number of esters is 2. The second-order valence-electron chi connectivity index (χ2n) is 15.0. The average Bonchev–Trinajstić information content (AvgIpc) is 3.84. The smallest absolute Gasteiger partial charge is 0.309 e. The monoisotopic (exact) mass is 766 g/mol. The van der Waals surface area contributed by atoms with Gasteiger partial charge in [0.2, 0.25) is 0 Å². The number of rotatable bonds is 12. The number of aliphatic hydroxyl groups is 2. The molecule has 0 saturated heterocycles. The van der Waals surface area contributed by atoms with Crippen LogP contribution < -0.4 is 16.0 Å². The van der Waals surface area contributed by atoms with E-state index in [4.69, 9.17) is 24.2 Å². The van der Waals surface area contributed by atoms with E-state index in [9.17, 15) is 29.7 Å². The molecule has 4 aliphatic heterocycles. The highest BCUT2D eigenvalue weighted by Gasteiger charge is 2.51. The third-order valence-electron chi connectivity index (χ3n) is 12.1. The van der Waals surface area contributed by atoms with Gasteiger partial charge in [-0.2, -0.15) is 0 Å². The van der Waals surface area contributed by atoms with E-state index in [1.165, 1.54) is 21.3 Å². The lowest BCUT2D eigenvalue weighted by Gasteiger charge is -2.39. The van der Waals surface area contributed by atoms with Gasteiger partial charge in [0.25, 0.3) is 0 Å². The largest absolute Gasteiger partial charge is 0.481 e. The minimum Gasteiger partial charge on any atom is -0.481 e. The van der Waals surface area contributed by atoms with Crippen LogP contribution in [0.15, 0.2) is 85.8 Å². The van der Waals surface area contributed by atoms with Crippen LogP contribution in [0.2, 0.25) is 0 Å². The van der Waals surface area contributed by atoms with Gasteiger partial charge in [-0.1, -0.05) is 37.3 Å². The van der Waals surface area contributed by atoms with E-state index in [1.807, 2.05) is 51.2 Å². The van der Waals surface area contributed by atoms with Crippen molar-refractivity contribution in [2.24, 2.45) is 27.2 Å². The van der Waals surface area contributed by atoms with E-state index >= 15 is 0 Å². The fraction of sp³-hybridized carbons (Fsp3) is 0.419. The van der Waals surface area contributed by atoms with Crippen LogP contribution >= 0.6 is 0 Å². The summed E-state index contributed by atoms with van der Waals surface area (Å²) in [5, 5.41) is 36.4. The van der Waals surface area contributed by atoms with E-state index in [0.717, 1.165) is 33.0 Å². The number of aliphatic hydroxyl groups excluding tert-OH is 2. The number of nitrogens with one attached hydrogen (secondary N) is 2. The molecule has 4 atom stereocenters. The molecule has 0 spiro atoms. The van der Waals surface area contributed by atoms with Gasteiger partial charge in [-0.25, -0.2) is 4.99 Å². The van der Waals surface area contributed by atoms with Gasteiger partial charge in [0.1, 0.15) is 5.60 Å². The third-order valence-corrected chi connectivity index (χ3v) is 12.1. The first-order valence-electron chi connectivity index (χ1n) is 18.6. The topological polar surface area (TPSA) is 192 Å². The van der Waals surface area contributed by atoms with E-state index in [0.29, 0.717) is 45.2 Å². The number of aromatic amines is 1. The van der Waals surface area contributed by atoms with Gasteiger partial charge in [-0.3, -0.25) is 19.4 Å². The lowest BCUT2D eigenvalue weighted by Crippen LogP contribution is -2.42. The summed E-state index contributed by atoms with van der Waals surface area (Å²) < 4.78 is 16.1. The van der Waals surface area contributed by atoms with Crippen molar-refractivity contribution in [3.8, 4) is 0 Å². The summed E-state index contributed by atoms with van der Waals surface area (Å²) in [6.07, 6.45) is 13.4. The van der Waals surface area contributed by atoms with Crippen LogP contribution in [-0.2, 0) is 28.6 Å². The Morgan fingerprint density at radius 3 is 2.34 bits per heavy atom. The molecule has 2 unspecified atom stereocenters. The second-order valence-corrected chi connectivity index (χ2v) is 15.0. The summed E-state index contributed by atoms with van der Waals surface area (Å²) in [6, 6.07) is -0.249. The highest BCUT2D eigenvalue weighted by Crippen LogP contribution is 2.55. The maximum absolute atomic E-state index is 13.1. The Morgan fingerprint density at radius 1 is 1.00 bits per heavy atom. The van der Waals surface area contributed by atoms with E-state index in [-0.39, 0.29) is 37.6 Å². The SMILES string of the molecule is C=Cc1c(C)c2[nH]/c1=C\C1NC(=C(CCC(=O)O)C1C)/C=C1N=C(/C=C3\N=C(C=2)C2=CC=C(CC(=O)OC)[C@@H](CC(=O)OC)[C@]23C)C(C)=C\1C(CO)(CO)OC.